The van der Waals surface area contributed by atoms with Crippen LogP contribution in [0.15, 0.2) is 35.1 Å². The molecule has 3 aromatic heterocycles. The van der Waals surface area contributed by atoms with Gasteiger partial charge in [0, 0.05) is 52.7 Å². The minimum atomic E-state index is -0.143. The maximum atomic E-state index is 11.9. The Kier molecular flexibility index (Phi) is 7.02. The molecular formula is C24H29BrN4O2. The van der Waals surface area contributed by atoms with E-state index >= 15 is 0 Å². The van der Waals surface area contributed by atoms with Crippen LogP contribution >= 0.6 is 15.9 Å². The molecule has 0 aliphatic heterocycles. The van der Waals surface area contributed by atoms with E-state index in [0.29, 0.717) is 19.1 Å². The molecule has 6 nitrogen and oxygen atoms in total. The molecule has 1 aliphatic carbocycles. The molecule has 1 N–H and O–H groups in total. The Balaban J connectivity index is 1.79. The second-order valence-electron chi connectivity index (χ2n) is 7.98. The van der Waals surface area contributed by atoms with Crippen LogP contribution in [0.3, 0.4) is 0 Å². The summed E-state index contributed by atoms with van der Waals surface area (Å²) in [6.45, 7) is 5.14. The number of carbonyl (C=O) groups is 1. The number of halogens is 1. The molecule has 0 saturated heterocycles. The summed E-state index contributed by atoms with van der Waals surface area (Å²) < 4.78 is 8.15. The standard InChI is InChI=1S/C24H29BrN4O2/c1-3-19-10-11-22-24(16-12-17(25)14-26-13-16)20(6-5-7-23(30)31-4-2)21(28-29(19)22)15-27-18-8-9-18/h10-14,18,27H,3-9,15H2,1-2H3. The Hall–Kier alpha value is -2.25. The zero-order chi connectivity index (χ0) is 21.8. The lowest BCUT2D eigenvalue weighted by Crippen LogP contribution is -2.20. The van der Waals surface area contributed by atoms with E-state index in [2.05, 4.69) is 55.9 Å². The third-order valence-electron chi connectivity index (χ3n) is 5.67. The summed E-state index contributed by atoms with van der Waals surface area (Å²) in [5.41, 5.74) is 6.71. The monoisotopic (exact) mass is 484 g/mol. The maximum absolute atomic E-state index is 11.9. The van der Waals surface area contributed by atoms with Crippen molar-refractivity contribution in [3.63, 3.8) is 0 Å². The average Bonchev–Trinajstić information content (AvgIpc) is 3.50. The van der Waals surface area contributed by atoms with Crippen molar-refractivity contribution in [1.29, 1.82) is 0 Å². The van der Waals surface area contributed by atoms with Crippen molar-refractivity contribution in [2.45, 2.75) is 65.0 Å². The molecule has 3 heterocycles. The number of nitrogens with zero attached hydrogens (tertiary/aromatic N) is 3. The van der Waals surface area contributed by atoms with Crippen molar-refractivity contribution < 1.29 is 9.53 Å². The van der Waals surface area contributed by atoms with Gasteiger partial charge in [-0.1, -0.05) is 6.92 Å². The lowest BCUT2D eigenvalue weighted by Gasteiger charge is -2.18. The summed E-state index contributed by atoms with van der Waals surface area (Å²) in [5.74, 6) is -0.143. The number of rotatable bonds is 10. The highest BCUT2D eigenvalue weighted by Crippen LogP contribution is 2.34. The van der Waals surface area contributed by atoms with Crippen molar-refractivity contribution in [2.75, 3.05) is 6.61 Å². The Labute approximate surface area is 191 Å². The van der Waals surface area contributed by atoms with Gasteiger partial charge in [-0.3, -0.25) is 9.78 Å². The lowest BCUT2D eigenvalue weighted by atomic mass is 9.95. The van der Waals surface area contributed by atoms with Crippen LogP contribution in [0.2, 0.25) is 0 Å². The number of ether oxygens (including phenoxy) is 1. The third-order valence-corrected chi connectivity index (χ3v) is 6.10. The first-order valence-corrected chi connectivity index (χ1v) is 11.9. The predicted molar refractivity (Wildman–Crippen MR) is 125 cm³/mol. The fraction of sp³-hybridized carbons (Fsp3) is 0.458. The molecule has 3 aromatic rings. The van der Waals surface area contributed by atoms with Crippen molar-refractivity contribution >= 4 is 27.4 Å². The molecule has 4 rings (SSSR count). The summed E-state index contributed by atoms with van der Waals surface area (Å²) in [7, 11) is 0. The third kappa shape index (κ3) is 5.15. The van der Waals surface area contributed by atoms with Gasteiger partial charge in [-0.25, -0.2) is 4.52 Å². The molecule has 0 unspecified atom stereocenters. The molecule has 164 valence electrons. The van der Waals surface area contributed by atoms with Crippen LogP contribution in [0.4, 0.5) is 0 Å². The van der Waals surface area contributed by atoms with E-state index in [0.717, 1.165) is 52.6 Å². The van der Waals surface area contributed by atoms with Crippen LogP contribution in [0.25, 0.3) is 16.6 Å². The van der Waals surface area contributed by atoms with Gasteiger partial charge in [-0.05, 0) is 78.7 Å². The molecule has 0 amide bonds. The molecule has 0 atom stereocenters. The van der Waals surface area contributed by atoms with E-state index in [4.69, 9.17) is 9.84 Å². The highest BCUT2D eigenvalue weighted by Gasteiger charge is 2.23. The van der Waals surface area contributed by atoms with Gasteiger partial charge in [0.15, 0.2) is 0 Å². The Morgan fingerprint density at radius 2 is 2.13 bits per heavy atom. The number of hydrogen-bond acceptors (Lipinski definition) is 5. The van der Waals surface area contributed by atoms with E-state index in [1.165, 1.54) is 24.1 Å². The molecule has 0 bridgehead atoms. The summed E-state index contributed by atoms with van der Waals surface area (Å²) in [4.78, 5) is 16.3. The van der Waals surface area contributed by atoms with Gasteiger partial charge in [0.25, 0.3) is 0 Å². The van der Waals surface area contributed by atoms with Crippen LogP contribution < -0.4 is 5.32 Å². The van der Waals surface area contributed by atoms with Crippen molar-refractivity contribution in [2.24, 2.45) is 0 Å². The van der Waals surface area contributed by atoms with Crippen LogP contribution in [0, 0.1) is 0 Å². The highest BCUT2D eigenvalue weighted by molar-refractivity contribution is 9.10. The first-order valence-electron chi connectivity index (χ1n) is 11.1. The smallest absolute Gasteiger partial charge is 0.305 e. The molecule has 0 radical (unpaired) electrons. The summed E-state index contributed by atoms with van der Waals surface area (Å²) >= 11 is 3.57. The number of pyridine rings is 1. The molecule has 1 saturated carbocycles. The Morgan fingerprint density at radius 1 is 1.29 bits per heavy atom. The van der Waals surface area contributed by atoms with Crippen LogP contribution in [0.1, 0.15) is 56.5 Å². The largest absolute Gasteiger partial charge is 0.466 e. The normalized spacial score (nSPS) is 13.6. The van der Waals surface area contributed by atoms with Gasteiger partial charge in [0.2, 0.25) is 0 Å². The fourth-order valence-corrected chi connectivity index (χ4v) is 4.34. The van der Waals surface area contributed by atoms with Gasteiger partial charge >= 0.3 is 5.97 Å². The SMILES string of the molecule is CCOC(=O)CCCc1c(CNC2CC2)nn2c(CC)ccc2c1-c1cncc(Br)c1. The number of nitrogens with one attached hydrogen (secondary N) is 1. The van der Waals surface area contributed by atoms with Gasteiger partial charge in [-0.15, -0.1) is 0 Å². The zero-order valence-electron chi connectivity index (χ0n) is 18.2. The van der Waals surface area contributed by atoms with Gasteiger partial charge in [0.1, 0.15) is 0 Å². The van der Waals surface area contributed by atoms with Crippen LogP contribution in [0.5, 0.6) is 0 Å². The number of carbonyl (C=O) groups excluding carboxylic acids is 1. The van der Waals surface area contributed by atoms with Crippen LogP contribution in [-0.2, 0) is 28.9 Å². The van der Waals surface area contributed by atoms with Crippen molar-refractivity contribution in [1.82, 2.24) is 19.9 Å². The maximum Gasteiger partial charge on any atom is 0.305 e. The second-order valence-corrected chi connectivity index (χ2v) is 8.90. The topological polar surface area (TPSA) is 68.5 Å². The predicted octanol–water partition coefficient (Wildman–Crippen LogP) is 4.86. The Bertz CT molecular complexity index is 1070. The number of aryl methyl sites for hydroxylation is 1. The molecule has 31 heavy (non-hydrogen) atoms. The van der Waals surface area contributed by atoms with Crippen molar-refractivity contribution in [3.8, 4) is 11.1 Å². The van der Waals surface area contributed by atoms with Gasteiger partial charge in [-0.2, -0.15) is 5.10 Å². The second kappa shape index (κ2) is 9.92. The van der Waals surface area contributed by atoms with Gasteiger partial charge in [0.05, 0.1) is 17.8 Å². The molecule has 1 aliphatic rings. The summed E-state index contributed by atoms with van der Waals surface area (Å²) in [5, 5.41) is 8.68. The van der Waals surface area contributed by atoms with E-state index in [1.54, 1.807) is 6.20 Å². The first-order chi connectivity index (χ1) is 15.1. The van der Waals surface area contributed by atoms with E-state index < -0.39 is 0 Å². The number of hydrogen-bond donors (Lipinski definition) is 1. The molecule has 1 fully saturated rings. The molecule has 7 heteroatoms. The van der Waals surface area contributed by atoms with Crippen LogP contribution in [-0.4, -0.2) is 33.2 Å². The number of fused-ring (bicyclic) bond motifs is 1. The Morgan fingerprint density at radius 3 is 2.84 bits per heavy atom. The number of esters is 1. The zero-order valence-corrected chi connectivity index (χ0v) is 19.7. The first kappa shape index (κ1) is 22.0. The fourth-order valence-electron chi connectivity index (χ4n) is 3.98. The molecule has 0 aromatic carbocycles. The van der Waals surface area contributed by atoms with E-state index in [-0.39, 0.29) is 5.97 Å². The molecule has 0 spiro atoms. The quantitative estimate of drug-likeness (QED) is 0.416. The van der Waals surface area contributed by atoms with Gasteiger partial charge < -0.3 is 10.1 Å². The van der Waals surface area contributed by atoms with E-state index in [9.17, 15) is 4.79 Å². The average molecular weight is 485 g/mol. The minimum Gasteiger partial charge on any atom is -0.466 e. The highest BCUT2D eigenvalue weighted by atomic mass is 79.9. The van der Waals surface area contributed by atoms with E-state index in [1.807, 2.05) is 13.1 Å². The molecular weight excluding hydrogens is 456 g/mol. The minimum absolute atomic E-state index is 0.143. The number of aromatic nitrogens is 3. The summed E-state index contributed by atoms with van der Waals surface area (Å²) in [6, 6.07) is 7.00. The van der Waals surface area contributed by atoms with Crippen molar-refractivity contribution in [3.05, 3.63) is 52.0 Å². The lowest BCUT2D eigenvalue weighted by molar-refractivity contribution is -0.143. The summed E-state index contributed by atoms with van der Waals surface area (Å²) in [6.07, 6.45) is 8.97.